The summed E-state index contributed by atoms with van der Waals surface area (Å²) in [7, 11) is -4.46. The van der Waals surface area contributed by atoms with Crippen LogP contribution in [0.4, 0.5) is 5.95 Å². The highest BCUT2D eigenvalue weighted by atomic mass is 32.2. The van der Waals surface area contributed by atoms with Crippen molar-refractivity contribution in [2.45, 2.75) is 81.9 Å². The quantitative estimate of drug-likeness (QED) is 0.0384. The lowest BCUT2D eigenvalue weighted by Crippen LogP contribution is -2.54. The summed E-state index contributed by atoms with van der Waals surface area (Å²) in [6, 6.07) is 7.42. The summed E-state index contributed by atoms with van der Waals surface area (Å²) in [6.07, 6.45) is 6.61. The summed E-state index contributed by atoms with van der Waals surface area (Å²) < 4.78 is 29.9. The molecule has 22 heteroatoms. The molecule has 1 aromatic carbocycles. The van der Waals surface area contributed by atoms with Crippen LogP contribution in [0.15, 0.2) is 54.0 Å². The fourth-order valence-electron chi connectivity index (χ4n) is 6.12. The van der Waals surface area contributed by atoms with Gasteiger partial charge < -0.3 is 41.4 Å². The molecule has 0 saturated carbocycles. The normalized spacial score (nSPS) is 18.8. The molecule has 57 heavy (non-hydrogen) atoms. The SMILES string of the molecule is CSCC[C@H](NC(=O)[C@H](Cc1cnc[nH]1)NC(=O)Cc1ccccc1)C(=O)NCCCCCCOP(=O)(O)OC[C@H]1O[C@@H](n2cnc3c(=O)[nH]c(N)nc32)C[C@@H]1O. The number of amides is 3. The summed E-state index contributed by atoms with van der Waals surface area (Å²) in [6.45, 7) is -0.151. The molecule has 6 atom stereocenters. The number of aromatic nitrogens is 6. The third-order valence-corrected chi connectivity index (χ3v) is 10.7. The summed E-state index contributed by atoms with van der Waals surface area (Å²) in [5.74, 6) is -0.643. The first-order valence-electron chi connectivity index (χ1n) is 18.5. The van der Waals surface area contributed by atoms with E-state index < -0.39 is 56.4 Å². The number of unbranched alkanes of at least 4 members (excludes halogenated alkanes) is 3. The molecule has 4 heterocycles. The van der Waals surface area contributed by atoms with Gasteiger partial charge in [0.15, 0.2) is 11.2 Å². The average Bonchev–Trinajstić information content (AvgIpc) is 3.94. The highest BCUT2D eigenvalue weighted by molar-refractivity contribution is 7.98. The van der Waals surface area contributed by atoms with Crippen LogP contribution in [0, 0.1) is 0 Å². The third-order valence-electron chi connectivity index (χ3n) is 9.07. The van der Waals surface area contributed by atoms with E-state index in [-0.39, 0.29) is 54.8 Å². The second kappa shape index (κ2) is 21.2. The number of phosphoric ester groups is 1. The van der Waals surface area contributed by atoms with Crippen molar-refractivity contribution >= 4 is 54.4 Å². The van der Waals surface area contributed by atoms with Crippen LogP contribution < -0.4 is 27.2 Å². The maximum atomic E-state index is 13.5. The Bertz CT molecular complexity index is 2020. The molecule has 3 aromatic heterocycles. The topological polar surface area (TPSA) is 291 Å². The molecule has 3 amide bonds. The smallest absolute Gasteiger partial charge is 0.390 e. The number of H-pyrrole nitrogens is 2. The third kappa shape index (κ3) is 13.2. The van der Waals surface area contributed by atoms with Gasteiger partial charge in [-0.15, -0.1) is 0 Å². The van der Waals surface area contributed by atoms with Crippen LogP contribution >= 0.6 is 19.6 Å². The van der Waals surface area contributed by atoms with Crippen LogP contribution in [0.3, 0.4) is 0 Å². The molecule has 9 N–H and O–H groups in total. The van der Waals surface area contributed by atoms with Crippen LogP contribution in [0.25, 0.3) is 11.2 Å². The lowest BCUT2D eigenvalue weighted by atomic mass is 10.1. The maximum Gasteiger partial charge on any atom is 0.472 e. The number of phosphoric acid groups is 1. The number of aliphatic hydroxyl groups excluding tert-OH is 1. The molecule has 0 bridgehead atoms. The molecule has 1 saturated heterocycles. The van der Waals surface area contributed by atoms with Crippen molar-refractivity contribution in [2.75, 3.05) is 37.5 Å². The Morgan fingerprint density at radius 2 is 1.91 bits per heavy atom. The lowest BCUT2D eigenvalue weighted by molar-refractivity contribution is -0.132. The Labute approximate surface area is 332 Å². The molecule has 310 valence electrons. The van der Waals surface area contributed by atoms with Gasteiger partial charge in [-0.3, -0.25) is 37.8 Å². The number of nitrogens with zero attached hydrogens (tertiary/aromatic N) is 4. The molecule has 5 rings (SSSR count). The predicted molar refractivity (Wildman–Crippen MR) is 210 cm³/mol. The van der Waals surface area contributed by atoms with Crippen LogP contribution in [-0.4, -0.2) is 113 Å². The van der Waals surface area contributed by atoms with Crippen molar-refractivity contribution in [1.29, 1.82) is 0 Å². The van der Waals surface area contributed by atoms with E-state index in [2.05, 4.69) is 40.9 Å². The van der Waals surface area contributed by atoms with E-state index in [0.717, 1.165) is 5.56 Å². The first kappa shape index (κ1) is 43.5. The zero-order valence-corrected chi connectivity index (χ0v) is 33.1. The number of anilines is 1. The van der Waals surface area contributed by atoms with Crippen LogP contribution in [-0.2, 0) is 45.6 Å². The van der Waals surface area contributed by atoms with Crippen LogP contribution in [0.1, 0.15) is 56.0 Å². The van der Waals surface area contributed by atoms with Crippen molar-refractivity contribution < 1.29 is 42.7 Å². The van der Waals surface area contributed by atoms with Gasteiger partial charge in [-0.1, -0.05) is 43.2 Å². The van der Waals surface area contributed by atoms with Crippen molar-refractivity contribution in [3.8, 4) is 0 Å². The van der Waals surface area contributed by atoms with Crippen LogP contribution in [0.2, 0.25) is 0 Å². The standard InChI is InChI=1S/C35H49N10O10PS/c1-57-14-11-24(42-33(49)25(16-23-18-37-20-39-23)41-28(47)15-22-9-5-4-6-10-22)32(48)38-12-7-2-3-8-13-53-56(51,52)54-19-27-26(46)17-29(55-27)45-21-40-30-31(45)43-35(36)44-34(30)50/h4-6,9-10,18,20-21,24-27,29,46H,2-3,7-8,11-17,19H2,1H3,(H,37,39)(H,38,48)(H,41,47)(H,42,49)(H,51,52)(H3,36,43,44,50)/t24-,25-,26-,27+,29+/m0/s1. The number of nitrogen functional groups attached to an aromatic ring is 1. The minimum Gasteiger partial charge on any atom is -0.390 e. The largest absolute Gasteiger partial charge is 0.472 e. The molecule has 4 aromatic rings. The number of nitrogens with two attached hydrogens (primary N) is 1. The van der Waals surface area contributed by atoms with Gasteiger partial charge in [-0.05, 0) is 36.8 Å². The number of imidazole rings is 2. The predicted octanol–water partition coefficient (Wildman–Crippen LogP) is 1.09. The second-order valence-electron chi connectivity index (χ2n) is 13.4. The van der Waals surface area contributed by atoms with Crippen molar-refractivity contribution in [1.82, 2.24) is 45.4 Å². The summed E-state index contributed by atoms with van der Waals surface area (Å²) >= 11 is 1.54. The van der Waals surface area contributed by atoms with Gasteiger partial charge in [0, 0.05) is 31.3 Å². The van der Waals surface area contributed by atoms with Gasteiger partial charge in [0.2, 0.25) is 23.7 Å². The second-order valence-corrected chi connectivity index (χ2v) is 15.9. The van der Waals surface area contributed by atoms with Crippen molar-refractivity contribution in [2.24, 2.45) is 0 Å². The molecular weight excluding hydrogens is 783 g/mol. The number of nitrogens with one attached hydrogen (secondary N) is 5. The fraction of sp³-hybridized carbons (Fsp3) is 0.514. The molecule has 1 aliphatic heterocycles. The zero-order valence-electron chi connectivity index (χ0n) is 31.4. The molecule has 0 aliphatic carbocycles. The maximum absolute atomic E-state index is 13.5. The summed E-state index contributed by atoms with van der Waals surface area (Å²) in [5, 5.41) is 19.0. The van der Waals surface area contributed by atoms with Gasteiger partial charge in [0.25, 0.3) is 5.56 Å². The first-order chi connectivity index (χ1) is 27.4. The van der Waals surface area contributed by atoms with E-state index in [0.29, 0.717) is 50.1 Å². The number of aliphatic hydroxyl groups is 1. The lowest BCUT2D eigenvalue weighted by Gasteiger charge is -2.23. The van der Waals surface area contributed by atoms with E-state index in [1.807, 2.05) is 36.6 Å². The van der Waals surface area contributed by atoms with Crippen molar-refractivity contribution in [3.05, 3.63) is 70.8 Å². The average molecular weight is 833 g/mol. The molecule has 1 unspecified atom stereocenters. The Hall–Kier alpha value is -4.63. The van der Waals surface area contributed by atoms with Gasteiger partial charge in [0.05, 0.1) is 38.4 Å². The van der Waals surface area contributed by atoms with Gasteiger partial charge in [-0.25, -0.2) is 14.5 Å². The Morgan fingerprint density at radius 1 is 1.12 bits per heavy atom. The van der Waals surface area contributed by atoms with E-state index in [4.69, 9.17) is 19.5 Å². The molecule has 1 fully saturated rings. The molecule has 0 spiro atoms. The number of hydrogen-bond acceptors (Lipinski definition) is 14. The molecule has 1 aliphatic rings. The van der Waals surface area contributed by atoms with Crippen LogP contribution in [0.5, 0.6) is 0 Å². The highest BCUT2D eigenvalue weighted by Crippen LogP contribution is 2.44. The number of thioether (sulfide) groups is 1. The minimum absolute atomic E-state index is 0.0476. The van der Waals surface area contributed by atoms with E-state index in [1.54, 1.807) is 18.0 Å². The molecular formula is C35H49N10O10PS. The van der Waals surface area contributed by atoms with Crippen molar-refractivity contribution in [3.63, 3.8) is 0 Å². The number of rotatable bonds is 23. The van der Waals surface area contributed by atoms with Gasteiger partial charge >= 0.3 is 7.82 Å². The monoisotopic (exact) mass is 832 g/mol. The number of ether oxygens (including phenoxy) is 1. The first-order valence-corrected chi connectivity index (χ1v) is 21.4. The van der Waals surface area contributed by atoms with E-state index in [1.165, 1.54) is 17.2 Å². The Balaban J connectivity index is 0.993. The summed E-state index contributed by atoms with van der Waals surface area (Å²) in [5.41, 5.74) is 6.79. The van der Waals surface area contributed by atoms with Gasteiger partial charge in [-0.2, -0.15) is 16.7 Å². The Kier molecular flexibility index (Phi) is 16.2. The Morgan fingerprint density at radius 3 is 2.67 bits per heavy atom. The highest BCUT2D eigenvalue weighted by Gasteiger charge is 2.38. The number of aromatic amines is 2. The number of carbonyl (C=O) groups excluding carboxylic acids is 3. The zero-order chi connectivity index (χ0) is 40.8. The number of carbonyl (C=O) groups is 3. The van der Waals surface area contributed by atoms with Gasteiger partial charge in [0.1, 0.15) is 24.4 Å². The summed E-state index contributed by atoms with van der Waals surface area (Å²) in [4.78, 5) is 79.2. The molecule has 20 nitrogen and oxygen atoms in total. The number of fused-ring (bicyclic) bond motifs is 1. The number of hydrogen-bond donors (Lipinski definition) is 8. The van der Waals surface area contributed by atoms with E-state index in [9.17, 15) is 33.7 Å². The van der Waals surface area contributed by atoms with E-state index >= 15 is 0 Å². The molecule has 0 radical (unpaired) electrons. The fourth-order valence-corrected chi connectivity index (χ4v) is 7.36. The minimum atomic E-state index is -4.46. The number of benzene rings is 1.